The van der Waals surface area contributed by atoms with Gasteiger partial charge in [0.25, 0.3) is 0 Å². The van der Waals surface area contributed by atoms with E-state index >= 15 is 0 Å². The van der Waals surface area contributed by atoms with Gasteiger partial charge in [-0.05, 0) is 30.7 Å². The average Bonchev–Trinajstić information content (AvgIpc) is 3.41. The number of pyridine rings is 1. The van der Waals surface area contributed by atoms with Gasteiger partial charge in [0.2, 0.25) is 5.91 Å². The Morgan fingerprint density at radius 3 is 2.70 bits per heavy atom. The van der Waals surface area contributed by atoms with Crippen LogP contribution < -0.4 is 5.32 Å². The minimum atomic E-state index is -0.122. The van der Waals surface area contributed by atoms with Crippen molar-refractivity contribution < 1.29 is 4.79 Å². The Kier molecular flexibility index (Phi) is 6.19. The Bertz CT molecular complexity index is 1110. The highest BCUT2D eigenvalue weighted by Crippen LogP contribution is 2.27. The van der Waals surface area contributed by atoms with Gasteiger partial charge in [-0.3, -0.25) is 14.3 Å². The molecule has 0 saturated heterocycles. The molecule has 0 unspecified atom stereocenters. The first-order valence-electron chi connectivity index (χ1n) is 9.62. The van der Waals surface area contributed by atoms with Gasteiger partial charge in [0.05, 0.1) is 11.9 Å². The highest BCUT2D eigenvalue weighted by Gasteiger charge is 2.17. The molecule has 9 heteroatoms. The average molecular weight is 420 g/mol. The fraction of sp³-hybridized carbons (Fsp3) is 0.190. The number of para-hydroxylation sites is 1. The van der Waals surface area contributed by atoms with Gasteiger partial charge in [0, 0.05) is 36.3 Å². The number of benzene rings is 1. The van der Waals surface area contributed by atoms with Crippen LogP contribution in [0.4, 0.5) is 5.82 Å². The van der Waals surface area contributed by atoms with Gasteiger partial charge in [0.15, 0.2) is 11.0 Å². The van der Waals surface area contributed by atoms with Crippen LogP contribution in [-0.2, 0) is 11.3 Å². The van der Waals surface area contributed by atoms with Crippen LogP contribution in [0, 0.1) is 0 Å². The molecule has 3 aromatic heterocycles. The van der Waals surface area contributed by atoms with Gasteiger partial charge < -0.3 is 5.32 Å². The maximum Gasteiger partial charge on any atom is 0.235 e. The molecule has 3 heterocycles. The number of thioether (sulfide) groups is 1. The number of nitrogens with zero attached hydrogens (tertiary/aromatic N) is 6. The fourth-order valence-electron chi connectivity index (χ4n) is 2.99. The first-order chi connectivity index (χ1) is 14.8. The summed E-state index contributed by atoms with van der Waals surface area (Å²) in [5, 5.41) is 16.5. The first-order valence-corrected chi connectivity index (χ1v) is 10.6. The van der Waals surface area contributed by atoms with Crippen molar-refractivity contribution in [3.05, 3.63) is 67.1 Å². The minimum Gasteiger partial charge on any atom is -0.310 e. The zero-order valence-electron chi connectivity index (χ0n) is 16.5. The summed E-state index contributed by atoms with van der Waals surface area (Å²) in [7, 11) is 0. The van der Waals surface area contributed by atoms with Gasteiger partial charge in [-0.25, -0.2) is 4.68 Å². The molecule has 0 radical (unpaired) electrons. The van der Waals surface area contributed by atoms with E-state index in [0.717, 1.165) is 24.2 Å². The van der Waals surface area contributed by atoms with E-state index in [1.165, 1.54) is 11.8 Å². The Morgan fingerprint density at radius 2 is 1.93 bits per heavy atom. The van der Waals surface area contributed by atoms with Gasteiger partial charge in [0.1, 0.15) is 5.82 Å². The van der Waals surface area contributed by atoms with Gasteiger partial charge in [-0.15, -0.1) is 10.2 Å². The molecule has 152 valence electrons. The van der Waals surface area contributed by atoms with Crippen molar-refractivity contribution in [1.82, 2.24) is 29.5 Å². The van der Waals surface area contributed by atoms with E-state index in [9.17, 15) is 4.79 Å². The van der Waals surface area contributed by atoms with Crippen LogP contribution in [0.25, 0.3) is 17.1 Å². The van der Waals surface area contributed by atoms with Crippen LogP contribution in [0.3, 0.4) is 0 Å². The third-order valence-corrected chi connectivity index (χ3v) is 5.25. The second-order valence-electron chi connectivity index (χ2n) is 6.50. The molecule has 4 aromatic rings. The summed E-state index contributed by atoms with van der Waals surface area (Å²) in [5.41, 5.74) is 1.78. The highest BCUT2D eigenvalue weighted by molar-refractivity contribution is 7.99. The second kappa shape index (κ2) is 9.36. The predicted octanol–water partition coefficient (Wildman–Crippen LogP) is 3.67. The van der Waals surface area contributed by atoms with E-state index in [1.807, 2.05) is 47.0 Å². The standard InChI is InChI=1S/C21H21N7OS/c1-2-13-27-18(10-12-23-27)24-19(29)15-30-21-26-25-20(16-7-6-11-22-14-16)28(21)17-8-4-3-5-9-17/h3-12,14H,2,13,15H2,1H3,(H,24,29). The molecular weight excluding hydrogens is 398 g/mol. The summed E-state index contributed by atoms with van der Waals surface area (Å²) in [6.07, 6.45) is 6.09. The lowest BCUT2D eigenvalue weighted by Gasteiger charge is -2.10. The smallest absolute Gasteiger partial charge is 0.235 e. The maximum absolute atomic E-state index is 12.5. The number of carbonyl (C=O) groups excluding carboxylic acids is 1. The zero-order chi connectivity index (χ0) is 20.8. The number of rotatable bonds is 8. The van der Waals surface area contributed by atoms with Crippen molar-refractivity contribution in [2.45, 2.75) is 25.0 Å². The lowest BCUT2D eigenvalue weighted by Crippen LogP contribution is -2.17. The molecular formula is C21H21N7OS. The topological polar surface area (TPSA) is 90.5 Å². The largest absolute Gasteiger partial charge is 0.310 e. The lowest BCUT2D eigenvalue weighted by atomic mass is 10.2. The summed E-state index contributed by atoms with van der Waals surface area (Å²) in [6.45, 7) is 2.83. The van der Waals surface area contributed by atoms with Crippen LogP contribution in [-0.4, -0.2) is 41.2 Å². The molecule has 1 amide bonds. The SMILES string of the molecule is CCCn1nccc1NC(=O)CSc1nnc(-c2cccnc2)n1-c1ccccc1. The van der Waals surface area contributed by atoms with E-state index in [1.54, 1.807) is 29.3 Å². The Balaban J connectivity index is 1.55. The normalized spacial score (nSPS) is 10.8. The molecule has 0 aliphatic carbocycles. The van der Waals surface area contributed by atoms with Gasteiger partial charge in [-0.2, -0.15) is 5.10 Å². The number of aryl methyl sites for hydroxylation is 1. The van der Waals surface area contributed by atoms with E-state index < -0.39 is 0 Å². The number of carbonyl (C=O) groups is 1. The molecule has 1 aromatic carbocycles. The van der Waals surface area contributed by atoms with Crippen molar-refractivity contribution in [2.24, 2.45) is 0 Å². The number of anilines is 1. The summed E-state index contributed by atoms with van der Waals surface area (Å²) in [6, 6.07) is 15.4. The predicted molar refractivity (Wildman–Crippen MR) is 116 cm³/mol. The van der Waals surface area contributed by atoms with E-state index in [-0.39, 0.29) is 11.7 Å². The number of aromatic nitrogens is 6. The molecule has 0 atom stereocenters. The fourth-order valence-corrected chi connectivity index (χ4v) is 3.74. The third-order valence-electron chi connectivity index (χ3n) is 4.32. The summed E-state index contributed by atoms with van der Waals surface area (Å²) in [5.74, 6) is 1.46. The summed E-state index contributed by atoms with van der Waals surface area (Å²) < 4.78 is 3.73. The van der Waals surface area contributed by atoms with Crippen molar-refractivity contribution >= 4 is 23.5 Å². The van der Waals surface area contributed by atoms with Crippen LogP contribution >= 0.6 is 11.8 Å². The molecule has 0 aliphatic rings. The molecule has 0 fully saturated rings. The van der Waals surface area contributed by atoms with Crippen LogP contribution in [0.1, 0.15) is 13.3 Å². The first kappa shape index (κ1) is 19.8. The van der Waals surface area contributed by atoms with Crippen LogP contribution in [0.2, 0.25) is 0 Å². The van der Waals surface area contributed by atoms with Crippen molar-refractivity contribution in [2.75, 3.05) is 11.1 Å². The van der Waals surface area contributed by atoms with Gasteiger partial charge >= 0.3 is 0 Å². The molecule has 0 bridgehead atoms. The van der Waals surface area contributed by atoms with Crippen molar-refractivity contribution in [3.63, 3.8) is 0 Å². The monoisotopic (exact) mass is 419 g/mol. The van der Waals surface area contributed by atoms with Gasteiger partial charge in [-0.1, -0.05) is 36.9 Å². The highest BCUT2D eigenvalue weighted by atomic mass is 32.2. The number of amides is 1. The van der Waals surface area contributed by atoms with E-state index in [0.29, 0.717) is 16.8 Å². The minimum absolute atomic E-state index is 0.122. The number of nitrogens with one attached hydrogen (secondary N) is 1. The summed E-state index contributed by atoms with van der Waals surface area (Å²) >= 11 is 1.33. The molecule has 8 nitrogen and oxygen atoms in total. The molecule has 0 saturated carbocycles. The Labute approximate surface area is 178 Å². The third kappa shape index (κ3) is 4.41. The zero-order valence-corrected chi connectivity index (χ0v) is 17.3. The Hall–Kier alpha value is -3.46. The van der Waals surface area contributed by atoms with Crippen molar-refractivity contribution in [1.29, 1.82) is 0 Å². The molecule has 0 spiro atoms. The second-order valence-corrected chi connectivity index (χ2v) is 7.44. The Morgan fingerprint density at radius 1 is 1.07 bits per heavy atom. The van der Waals surface area contributed by atoms with E-state index in [4.69, 9.17) is 0 Å². The lowest BCUT2D eigenvalue weighted by molar-refractivity contribution is -0.113. The maximum atomic E-state index is 12.5. The van der Waals surface area contributed by atoms with E-state index in [2.05, 4.69) is 32.5 Å². The van der Waals surface area contributed by atoms with Crippen LogP contribution in [0.15, 0.2) is 72.3 Å². The number of hydrogen-bond acceptors (Lipinski definition) is 6. The quantitative estimate of drug-likeness (QED) is 0.438. The molecule has 0 aliphatic heterocycles. The van der Waals surface area contributed by atoms with Crippen LogP contribution in [0.5, 0.6) is 0 Å². The summed E-state index contributed by atoms with van der Waals surface area (Å²) in [4.78, 5) is 16.7. The van der Waals surface area contributed by atoms with Crippen molar-refractivity contribution in [3.8, 4) is 17.1 Å². The molecule has 4 rings (SSSR count). The molecule has 30 heavy (non-hydrogen) atoms. The number of hydrogen-bond donors (Lipinski definition) is 1. The molecule has 1 N–H and O–H groups in total.